The Labute approximate surface area is 315 Å². The molecule has 53 heavy (non-hydrogen) atoms. The Kier molecular flexibility index (Phi) is 5.97. The number of rotatable bonds is 2. The van der Waals surface area contributed by atoms with Crippen LogP contribution in [0.4, 0.5) is 0 Å². The lowest BCUT2D eigenvalue weighted by molar-refractivity contribution is 0.660. The standard InChI is InChI=1S/C51H32S2/c1-51(2)41-21-11-9-13-31(41)32-25-23-30(28-42(32)51)46-35-16-5-3-14-33(35)45(34-15-4-6-17-36(34)46)29-24-26-44-40(27-29)48-38-19-8-7-18-37(38)47-39-20-10-12-22-43(39)52-49(47)50(48)53-44/h3-28H,1-2H3. The molecule has 1 aliphatic rings. The number of hydrogen-bond acceptors (Lipinski definition) is 2. The summed E-state index contributed by atoms with van der Waals surface area (Å²) in [5.74, 6) is 0. The Morgan fingerprint density at radius 3 is 1.45 bits per heavy atom. The fraction of sp³-hybridized carbons (Fsp3) is 0.0588. The van der Waals surface area contributed by atoms with Crippen LogP contribution in [0.5, 0.6) is 0 Å². The maximum Gasteiger partial charge on any atom is 0.0540 e. The number of benzene rings is 9. The van der Waals surface area contributed by atoms with Crippen LogP contribution in [0.1, 0.15) is 25.0 Å². The van der Waals surface area contributed by atoms with Crippen molar-refractivity contribution in [3.63, 3.8) is 0 Å². The van der Waals surface area contributed by atoms with E-state index < -0.39 is 0 Å². The van der Waals surface area contributed by atoms with Crippen LogP contribution in [-0.4, -0.2) is 0 Å². The van der Waals surface area contributed by atoms with Crippen LogP contribution in [0.3, 0.4) is 0 Å². The van der Waals surface area contributed by atoms with E-state index in [0.29, 0.717) is 0 Å². The first-order chi connectivity index (χ1) is 26.1. The first-order valence-corrected chi connectivity index (χ1v) is 20.1. The molecule has 248 valence electrons. The van der Waals surface area contributed by atoms with Crippen molar-refractivity contribution in [3.8, 4) is 33.4 Å². The Hall–Kier alpha value is -5.80. The molecule has 0 bridgehead atoms. The van der Waals surface area contributed by atoms with Gasteiger partial charge in [0.15, 0.2) is 0 Å². The third-order valence-corrected chi connectivity index (χ3v) is 14.6. The molecule has 0 nitrogen and oxygen atoms in total. The molecule has 2 aromatic heterocycles. The zero-order chi connectivity index (χ0) is 35.0. The van der Waals surface area contributed by atoms with E-state index in [4.69, 9.17) is 0 Å². The van der Waals surface area contributed by atoms with Crippen molar-refractivity contribution in [1.82, 2.24) is 0 Å². The van der Waals surface area contributed by atoms with Crippen molar-refractivity contribution in [3.05, 3.63) is 169 Å². The van der Waals surface area contributed by atoms with E-state index in [0.717, 1.165) is 0 Å². The molecule has 0 saturated carbocycles. The second-order valence-electron chi connectivity index (χ2n) is 15.1. The summed E-state index contributed by atoms with van der Waals surface area (Å²) in [6.45, 7) is 4.75. The molecule has 0 radical (unpaired) electrons. The van der Waals surface area contributed by atoms with E-state index in [2.05, 4.69) is 172 Å². The predicted molar refractivity (Wildman–Crippen MR) is 233 cm³/mol. The van der Waals surface area contributed by atoms with Crippen molar-refractivity contribution < 1.29 is 0 Å². The summed E-state index contributed by atoms with van der Waals surface area (Å²) in [5, 5.41) is 13.3. The summed E-state index contributed by atoms with van der Waals surface area (Å²) < 4.78 is 5.50. The Morgan fingerprint density at radius 2 is 0.811 bits per heavy atom. The topological polar surface area (TPSA) is 0 Å². The summed E-state index contributed by atoms with van der Waals surface area (Å²) in [6.07, 6.45) is 0. The maximum absolute atomic E-state index is 2.49. The molecule has 2 heterocycles. The van der Waals surface area contributed by atoms with E-state index in [1.165, 1.54) is 117 Å². The number of fused-ring (bicyclic) bond motifs is 15. The third kappa shape index (κ3) is 3.95. The Bertz CT molecular complexity index is 3310. The molecule has 2 heteroatoms. The second kappa shape index (κ2) is 10.6. The average Bonchev–Trinajstić information content (AvgIpc) is 3.85. The van der Waals surface area contributed by atoms with Gasteiger partial charge in [-0.05, 0) is 101 Å². The molecule has 1 aliphatic carbocycles. The maximum atomic E-state index is 2.49. The minimum absolute atomic E-state index is 0.0577. The van der Waals surface area contributed by atoms with E-state index in [1.807, 2.05) is 22.7 Å². The Morgan fingerprint density at radius 1 is 0.358 bits per heavy atom. The molecule has 9 aromatic carbocycles. The normalized spacial score (nSPS) is 13.6. The quantitative estimate of drug-likeness (QED) is 0.157. The highest BCUT2D eigenvalue weighted by molar-refractivity contribution is 7.33. The van der Waals surface area contributed by atoms with Gasteiger partial charge >= 0.3 is 0 Å². The van der Waals surface area contributed by atoms with Crippen molar-refractivity contribution in [2.75, 3.05) is 0 Å². The van der Waals surface area contributed by atoms with Crippen LogP contribution in [0, 0.1) is 0 Å². The molecule has 0 fully saturated rings. The van der Waals surface area contributed by atoms with Gasteiger partial charge < -0.3 is 0 Å². The molecule has 0 saturated heterocycles. The molecule has 0 aliphatic heterocycles. The third-order valence-electron chi connectivity index (χ3n) is 12.0. The van der Waals surface area contributed by atoms with Gasteiger partial charge in [-0.25, -0.2) is 0 Å². The lowest BCUT2D eigenvalue weighted by atomic mass is 9.80. The summed E-state index contributed by atoms with van der Waals surface area (Å²) in [7, 11) is 0. The van der Waals surface area contributed by atoms with Gasteiger partial charge in [0.1, 0.15) is 0 Å². The number of hydrogen-bond donors (Lipinski definition) is 0. The largest absolute Gasteiger partial charge is 0.134 e. The van der Waals surface area contributed by atoms with E-state index in [-0.39, 0.29) is 5.41 Å². The summed E-state index contributed by atoms with van der Waals surface area (Å²) in [5.41, 5.74) is 10.6. The van der Waals surface area contributed by atoms with Crippen molar-refractivity contribution in [2.45, 2.75) is 19.3 Å². The summed E-state index contributed by atoms with van der Waals surface area (Å²) in [4.78, 5) is 0. The molecule has 0 spiro atoms. The molecular weight excluding hydrogens is 677 g/mol. The van der Waals surface area contributed by atoms with Crippen molar-refractivity contribution >= 4 is 95.3 Å². The molecule has 0 amide bonds. The summed E-state index contributed by atoms with van der Waals surface area (Å²) in [6, 6.07) is 59.5. The monoisotopic (exact) mass is 708 g/mol. The smallest absolute Gasteiger partial charge is 0.0540 e. The van der Waals surface area contributed by atoms with Crippen molar-refractivity contribution in [2.24, 2.45) is 0 Å². The van der Waals surface area contributed by atoms with Crippen LogP contribution in [-0.2, 0) is 5.41 Å². The van der Waals surface area contributed by atoms with Gasteiger partial charge in [0, 0.05) is 36.4 Å². The highest BCUT2D eigenvalue weighted by atomic mass is 32.1. The van der Waals surface area contributed by atoms with Gasteiger partial charge in [-0.15, -0.1) is 22.7 Å². The van der Waals surface area contributed by atoms with Crippen LogP contribution in [0.2, 0.25) is 0 Å². The van der Waals surface area contributed by atoms with Gasteiger partial charge in [0.25, 0.3) is 0 Å². The fourth-order valence-electron chi connectivity index (χ4n) is 9.68. The van der Waals surface area contributed by atoms with Gasteiger partial charge in [-0.3, -0.25) is 0 Å². The molecule has 12 rings (SSSR count). The van der Waals surface area contributed by atoms with E-state index >= 15 is 0 Å². The highest BCUT2D eigenvalue weighted by Gasteiger charge is 2.35. The molecule has 0 atom stereocenters. The van der Waals surface area contributed by atoms with Crippen LogP contribution in [0.25, 0.3) is 106 Å². The number of thiophene rings is 2. The van der Waals surface area contributed by atoms with Gasteiger partial charge in [-0.1, -0.05) is 147 Å². The Balaban J connectivity index is 1.14. The van der Waals surface area contributed by atoms with E-state index in [9.17, 15) is 0 Å². The molecule has 0 N–H and O–H groups in total. The van der Waals surface area contributed by atoms with Gasteiger partial charge in [0.05, 0.1) is 9.40 Å². The predicted octanol–water partition coefficient (Wildman–Crippen LogP) is 15.5. The van der Waals surface area contributed by atoms with Crippen molar-refractivity contribution in [1.29, 1.82) is 0 Å². The van der Waals surface area contributed by atoms with Crippen LogP contribution < -0.4 is 0 Å². The zero-order valence-electron chi connectivity index (χ0n) is 29.3. The van der Waals surface area contributed by atoms with Gasteiger partial charge in [-0.2, -0.15) is 0 Å². The first kappa shape index (κ1) is 29.7. The zero-order valence-corrected chi connectivity index (χ0v) is 31.0. The van der Waals surface area contributed by atoms with Gasteiger partial charge in [0.2, 0.25) is 0 Å². The van der Waals surface area contributed by atoms with Crippen LogP contribution >= 0.6 is 22.7 Å². The fourth-order valence-corrected chi connectivity index (χ4v) is 12.2. The lowest BCUT2D eigenvalue weighted by Gasteiger charge is -2.23. The van der Waals surface area contributed by atoms with E-state index in [1.54, 1.807) is 0 Å². The van der Waals surface area contributed by atoms with Crippen LogP contribution in [0.15, 0.2) is 158 Å². The molecule has 0 unspecified atom stereocenters. The second-order valence-corrected chi connectivity index (χ2v) is 17.2. The summed E-state index contributed by atoms with van der Waals surface area (Å²) >= 11 is 3.89. The molecule has 11 aromatic rings. The molecular formula is C51H32S2. The first-order valence-electron chi connectivity index (χ1n) is 18.4. The minimum Gasteiger partial charge on any atom is -0.134 e. The lowest BCUT2D eigenvalue weighted by Crippen LogP contribution is -2.14. The minimum atomic E-state index is -0.0577. The SMILES string of the molecule is CC1(C)c2ccccc2-c2ccc(-c3c4ccccc4c(-c4ccc5sc6c7sc8ccccc8c7c7ccccc7c6c5c4)c4ccccc34)cc21. The highest BCUT2D eigenvalue weighted by Crippen LogP contribution is 2.53. The average molecular weight is 709 g/mol.